The van der Waals surface area contributed by atoms with Gasteiger partial charge in [0, 0.05) is 12.1 Å². The Labute approximate surface area is 191 Å². The number of rotatable bonds is 6. The molecule has 0 radical (unpaired) electrons. The Morgan fingerprint density at radius 1 is 0.914 bits per heavy atom. The minimum absolute atomic E-state index is 0.112. The van der Waals surface area contributed by atoms with Gasteiger partial charge in [-0.2, -0.15) is 13.2 Å². The van der Waals surface area contributed by atoms with Crippen molar-refractivity contribution < 1.29 is 54.8 Å². The summed E-state index contributed by atoms with van der Waals surface area (Å²) in [6.07, 6.45) is -8.93. The third-order valence-corrected chi connectivity index (χ3v) is 4.25. The average molecular weight is 504 g/mol. The first kappa shape index (κ1) is 25.3. The van der Waals surface area contributed by atoms with E-state index < -0.39 is 52.8 Å². The number of aromatic nitrogens is 1. The van der Waals surface area contributed by atoms with E-state index in [1.54, 1.807) is 0 Å². The van der Waals surface area contributed by atoms with Gasteiger partial charge in [-0.1, -0.05) is 0 Å². The van der Waals surface area contributed by atoms with Gasteiger partial charge in [0.25, 0.3) is 11.6 Å². The number of hydrogen-bond donors (Lipinski definition) is 2. The quantitative estimate of drug-likeness (QED) is 0.475. The molecule has 0 saturated carbocycles. The van der Waals surface area contributed by atoms with Gasteiger partial charge < -0.3 is 20.5 Å². The maximum absolute atomic E-state index is 14.9. The van der Waals surface area contributed by atoms with Crippen molar-refractivity contribution in [1.29, 1.82) is 0 Å². The van der Waals surface area contributed by atoms with Crippen molar-refractivity contribution in [2.24, 2.45) is 5.73 Å². The van der Waals surface area contributed by atoms with Crippen LogP contribution in [0.25, 0.3) is 0 Å². The van der Waals surface area contributed by atoms with Gasteiger partial charge >= 0.3 is 18.4 Å². The second-order valence-corrected chi connectivity index (χ2v) is 6.73. The van der Waals surface area contributed by atoms with Gasteiger partial charge in [-0.05, 0) is 36.4 Å². The molecule has 0 aliphatic rings. The maximum Gasteiger partial charge on any atom is 0.573 e. The van der Waals surface area contributed by atoms with Gasteiger partial charge in [0.05, 0.1) is 11.3 Å². The monoisotopic (exact) mass is 504 g/mol. The summed E-state index contributed by atoms with van der Waals surface area (Å²) in [7, 11) is 0. The summed E-state index contributed by atoms with van der Waals surface area (Å²) in [5.74, 6) is -5.77. The second-order valence-electron chi connectivity index (χ2n) is 6.73. The molecular weight excluding hydrogens is 491 g/mol. The fourth-order valence-corrected chi connectivity index (χ4v) is 2.79. The fourth-order valence-electron chi connectivity index (χ4n) is 2.79. The van der Waals surface area contributed by atoms with Crippen LogP contribution in [0, 0.1) is 5.82 Å². The van der Waals surface area contributed by atoms with Crippen molar-refractivity contribution in [2.45, 2.75) is 12.5 Å². The molecule has 3 aromatic rings. The van der Waals surface area contributed by atoms with Crippen LogP contribution in [0.15, 0.2) is 54.7 Å². The molecule has 1 aromatic heterocycles. The Balaban J connectivity index is 1.98. The SMILES string of the molecule is NC(=O)c1cc(NC(=O)c2c(Oc3ccc(OC(F)(F)F)cc3)ccc(C(F)(F)F)c2F)cc[nH+]1. The summed E-state index contributed by atoms with van der Waals surface area (Å²) >= 11 is 0. The topological polar surface area (TPSA) is 105 Å². The number of amides is 2. The number of carbonyl (C=O) groups excluding carboxylic acids is 2. The lowest BCUT2D eigenvalue weighted by molar-refractivity contribution is -0.381. The van der Waals surface area contributed by atoms with Gasteiger partial charge in [0.2, 0.25) is 0 Å². The van der Waals surface area contributed by atoms with Crippen LogP contribution in [0.4, 0.5) is 36.4 Å². The maximum atomic E-state index is 14.9. The largest absolute Gasteiger partial charge is 0.573 e. The molecule has 0 bridgehead atoms. The third kappa shape index (κ3) is 6.37. The van der Waals surface area contributed by atoms with Gasteiger partial charge in [0.1, 0.15) is 22.8 Å². The lowest BCUT2D eigenvalue weighted by Crippen LogP contribution is -2.24. The molecule has 4 N–H and O–H groups in total. The summed E-state index contributed by atoms with van der Waals surface area (Å²) < 4.78 is 100. The molecule has 7 nitrogen and oxygen atoms in total. The first-order valence-electron chi connectivity index (χ1n) is 9.31. The highest BCUT2D eigenvalue weighted by atomic mass is 19.4. The van der Waals surface area contributed by atoms with E-state index in [4.69, 9.17) is 10.5 Å². The predicted octanol–water partition coefficient (Wildman–Crippen LogP) is 4.70. The molecule has 3 rings (SSSR count). The molecular formula is C21H13F7N3O4+. The van der Waals surface area contributed by atoms with Crippen molar-refractivity contribution in [3.8, 4) is 17.2 Å². The van der Waals surface area contributed by atoms with E-state index in [-0.39, 0.29) is 17.1 Å². The number of ether oxygens (including phenoxy) is 2. The highest BCUT2D eigenvalue weighted by molar-refractivity contribution is 6.07. The first-order chi connectivity index (χ1) is 16.2. The molecule has 0 atom stereocenters. The summed E-state index contributed by atoms with van der Waals surface area (Å²) in [5, 5.41) is 2.13. The number of aromatic amines is 1. The minimum atomic E-state index is -5.16. The number of carbonyl (C=O) groups is 2. The Hall–Kier alpha value is -4.36. The molecule has 1 heterocycles. The standard InChI is InChI=1S/C21H12F7N3O4/c22-17-13(20(23,24)25)5-6-15(34-11-1-3-12(4-2-11)35-21(26,27)28)16(17)19(33)31-10-7-8-30-14(9-10)18(29)32/h1-9H,(H2,29,32)(H,30,31,33)/p+1. The molecule has 0 aliphatic heterocycles. The number of pyridine rings is 1. The van der Waals surface area contributed by atoms with Crippen molar-refractivity contribution >= 4 is 17.5 Å². The Morgan fingerprint density at radius 2 is 1.54 bits per heavy atom. The Bertz CT molecular complexity index is 1260. The lowest BCUT2D eigenvalue weighted by atomic mass is 10.1. The molecule has 2 amide bonds. The van der Waals surface area contributed by atoms with Crippen LogP contribution in [0.3, 0.4) is 0 Å². The van der Waals surface area contributed by atoms with E-state index in [0.717, 1.165) is 30.3 Å². The molecule has 0 spiro atoms. The number of nitrogens with two attached hydrogens (primary N) is 1. The first-order valence-corrected chi connectivity index (χ1v) is 9.31. The third-order valence-electron chi connectivity index (χ3n) is 4.25. The number of benzene rings is 2. The van der Waals surface area contributed by atoms with Crippen LogP contribution >= 0.6 is 0 Å². The Kier molecular flexibility index (Phi) is 6.84. The van der Waals surface area contributed by atoms with Crippen LogP contribution in [-0.4, -0.2) is 18.2 Å². The van der Waals surface area contributed by atoms with E-state index in [1.807, 2.05) is 0 Å². The zero-order chi connectivity index (χ0) is 26.0. The van der Waals surface area contributed by atoms with Gasteiger partial charge in [-0.25, -0.2) is 9.37 Å². The van der Waals surface area contributed by atoms with Crippen LogP contribution in [-0.2, 0) is 6.18 Å². The highest BCUT2D eigenvalue weighted by Gasteiger charge is 2.37. The van der Waals surface area contributed by atoms with E-state index in [1.165, 1.54) is 12.3 Å². The molecule has 0 aliphatic carbocycles. The number of nitrogens with one attached hydrogen (secondary N) is 2. The molecule has 0 saturated heterocycles. The normalized spacial score (nSPS) is 11.6. The summed E-state index contributed by atoms with van der Waals surface area (Å²) in [5.41, 5.74) is 1.93. The van der Waals surface area contributed by atoms with E-state index in [9.17, 15) is 40.3 Å². The van der Waals surface area contributed by atoms with Gasteiger partial charge in [0.15, 0.2) is 12.0 Å². The van der Waals surface area contributed by atoms with Crippen LogP contribution in [0.2, 0.25) is 0 Å². The lowest BCUT2D eigenvalue weighted by Gasteiger charge is -2.16. The number of H-pyrrole nitrogens is 1. The van der Waals surface area contributed by atoms with Gasteiger partial charge in [-0.3, -0.25) is 9.59 Å². The fraction of sp³-hybridized carbons (Fsp3) is 0.0952. The summed E-state index contributed by atoms with van der Waals surface area (Å²) in [6.45, 7) is 0. The van der Waals surface area contributed by atoms with Crippen molar-refractivity contribution in [2.75, 3.05) is 5.32 Å². The second kappa shape index (κ2) is 9.48. The minimum Gasteiger partial charge on any atom is -0.456 e. The Morgan fingerprint density at radius 3 is 2.11 bits per heavy atom. The van der Waals surface area contributed by atoms with Crippen LogP contribution < -0.4 is 25.5 Å². The zero-order valence-electron chi connectivity index (χ0n) is 17.1. The zero-order valence-corrected chi connectivity index (χ0v) is 17.1. The number of halogens is 7. The van der Waals surface area contributed by atoms with Crippen LogP contribution in [0.5, 0.6) is 17.2 Å². The molecule has 0 fully saturated rings. The van der Waals surface area contributed by atoms with E-state index >= 15 is 0 Å². The number of primary amides is 1. The van der Waals surface area contributed by atoms with Crippen molar-refractivity contribution in [3.63, 3.8) is 0 Å². The number of hydrogen-bond acceptors (Lipinski definition) is 4. The molecule has 184 valence electrons. The smallest absolute Gasteiger partial charge is 0.456 e. The van der Waals surface area contributed by atoms with Crippen molar-refractivity contribution in [1.82, 2.24) is 0 Å². The predicted molar refractivity (Wildman–Crippen MR) is 104 cm³/mol. The average Bonchev–Trinajstić information content (AvgIpc) is 2.73. The molecule has 35 heavy (non-hydrogen) atoms. The van der Waals surface area contributed by atoms with E-state index in [0.29, 0.717) is 12.1 Å². The number of anilines is 1. The van der Waals surface area contributed by atoms with Gasteiger partial charge in [-0.15, -0.1) is 13.2 Å². The molecule has 0 unspecified atom stereocenters. The highest BCUT2D eigenvalue weighted by Crippen LogP contribution is 2.38. The van der Waals surface area contributed by atoms with Crippen LogP contribution in [0.1, 0.15) is 26.4 Å². The summed E-state index contributed by atoms with van der Waals surface area (Å²) in [4.78, 5) is 26.5. The van der Waals surface area contributed by atoms with Crippen molar-refractivity contribution in [3.05, 3.63) is 77.4 Å². The molecule has 14 heteroatoms. The molecule has 2 aromatic carbocycles. The number of alkyl halides is 6. The van der Waals surface area contributed by atoms with E-state index in [2.05, 4.69) is 15.0 Å². The summed E-state index contributed by atoms with van der Waals surface area (Å²) in [6, 6.07) is 6.90.